The molecule has 22 heavy (non-hydrogen) atoms. The zero-order chi connectivity index (χ0) is 16.4. The first-order valence-electron chi connectivity index (χ1n) is 6.58. The van der Waals surface area contributed by atoms with Crippen LogP contribution >= 0.6 is 23.2 Å². The fraction of sp³-hybridized carbons (Fsp3) is 0.267. The van der Waals surface area contributed by atoms with Gasteiger partial charge >= 0.3 is 0 Å². The molecule has 2 rings (SSSR count). The topological polar surface area (TPSA) is 70.7 Å². The van der Waals surface area contributed by atoms with Gasteiger partial charge in [-0.3, -0.25) is 9.48 Å². The van der Waals surface area contributed by atoms with Gasteiger partial charge in [-0.2, -0.15) is 10.4 Å². The lowest BCUT2D eigenvalue weighted by Crippen LogP contribution is -2.13. The van der Waals surface area contributed by atoms with E-state index in [9.17, 15) is 10.1 Å². The fourth-order valence-corrected chi connectivity index (χ4v) is 2.51. The van der Waals surface area contributed by atoms with E-state index in [2.05, 4.69) is 16.5 Å². The third-order valence-corrected chi connectivity index (χ3v) is 3.90. The maximum absolute atomic E-state index is 12.3. The van der Waals surface area contributed by atoms with Gasteiger partial charge in [0.05, 0.1) is 15.7 Å². The number of rotatable bonds is 3. The predicted molar refractivity (Wildman–Crippen MR) is 86.4 cm³/mol. The van der Waals surface area contributed by atoms with Gasteiger partial charge in [0.1, 0.15) is 11.6 Å². The van der Waals surface area contributed by atoms with Crippen molar-refractivity contribution in [3.63, 3.8) is 0 Å². The number of nitriles is 1. The van der Waals surface area contributed by atoms with E-state index < -0.39 is 5.91 Å². The van der Waals surface area contributed by atoms with Crippen molar-refractivity contribution < 1.29 is 4.79 Å². The molecule has 0 unspecified atom stereocenters. The van der Waals surface area contributed by atoms with E-state index in [1.54, 1.807) is 23.9 Å². The first-order valence-corrected chi connectivity index (χ1v) is 7.34. The molecule has 1 N–H and O–H groups in total. The number of amides is 1. The largest absolute Gasteiger partial charge is 0.304 e. The van der Waals surface area contributed by atoms with Crippen molar-refractivity contribution in [2.24, 2.45) is 7.05 Å². The molecule has 0 atom stereocenters. The number of benzene rings is 1. The highest BCUT2D eigenvalue weighted by Crippen LogP contribution is 2.26. The van der Waals surface area contributed by atoms with Gasteiger partial charge in [0.15, 0.2) is 5.82 Å². The first-order chi connectivity index (χ1) is 10.3. The van der Waals surface area contributed by atoms with Crippen molar-refractivity contribution in [3.05, 3.63) is 45.1 Å². The minimum atomic E-state index is -0.400. The van der Waals surface area contributed by atoms with E-state index in [0.717, 1.165) is 5.69 Å². The molecule has 2 aromatic rings. The van der Waals surface area contributed by atoms with Crippen LogP contribution in [-0.2, 0) is 7.05 Å². The van der Waals surface area contributed by atoms with E-state index in [1.165, 1.54) is 6.07 Å². The summed E-state index contributed by atoms with van der Waals surface area (Å²) in [7, 11) is 1.74. The molecule has 0 aliphatic heterocycles. The van der Waals surface area contributed by atoms with Gasteiger partial charge in [-0.1, -0.05) is 37.0 Å². The van der Waals surface area contributed by atoms with Crippen LogP contribution in [0.5, 0.6) is 0 Å². The molecule has 0 aliphatic carbocycles. The minimum absolute atomic E-state index is 0.114. The van der Waals surface area contributed by atoms with Gasteiger partial charge in [-0.15, -0.1) is 0 Å². The smallest absolute Gasteiger partial charge is 0.256 e. The lowest BCUT2D eigenvalue weighted by molar-refractivity contribution is 0.102. The Morgan fingerprint density at radius 2 is 2.05 bits per heavy atom. The molecule has 7 heteroatoms. The second-order valence-electron chi connectivity index (χ2n) is 5.08. The van der Waals surface area contributed by atoms with Crippen LogP contribution in [0.2, 0.25) is 10.0 Å². The van der Waals surface area contributed by atoms with Crippen LogP contribution in [0, 0.1) is 11.3 Å². The standard InChI is InChI=1S/C15H14Cl2N4O/c1-8(2)13-10(7-18)14(20-21(13)3)19-15(22)9-4-5-11(16)12(17)6-9/h4-6,8H,1-3H3,(H,19,20,22). The van der Waals surface area contributed by atoms with Crippen LogP contribution in [-0.4, -0.2) is 15.7 Å². The zero-order valence-electron chi connectivity index (χ0n) is 12.3. The van der Waals surface area contributed by atoms with Crippen molar-refractivity contribution in [2.45, 2.75) is 19.8 Å². The van der Waals surface area contributed by atoms with Crippen molar-refractivity contribution >= 4 is 34.9 Å². The predicted octanol–water partition coefficient (Wildman–Crippen LogP) is 3.97. The van der Waals surface area contributed by atoms with Crippen LogP contribution in [0.1, 0.15) is 41.4 Å². The molecule has 114 valence electrons. The quantitative estimate of drug-likeness (QED) is 0.921. The number of nitrogens with one attached hydrogen (secondary N) is 1. The van der Waals surface area contributed by atoms with Gasteiger partial charge in [0, 0.05) is 12.6 Å². The zero-order valence-corrected chi connectivity index (χ0v) is 13.8. The summed E-state index contributed by atoms with van der Waals surface area (Å²) in [5.74, 6) is -0.0453. The molecule has 1 heterocycles. The number of carbonyl (C=O) groups is 1. The average Bonchev–Trinajstić information content (AvgIpc) is 2.77. The Hall–Kier alpha value is -2.03. The van der Waals surface area contributed by atoms with Crippen LogP contribution in [0.3, 0.4) is 0 Å². The molecular weight excluding hydrogens is 323 g/mol. The highest BCUT2D eigenvalue weighted by Gasteiger charge is 2.20. The molecule has 1 amide bonds. The molecule has 0 radical (unpaired) electrons. The molecule has 0 bridgehead atoms. The summed E-state index contributed by atoms with van der Waals surface area (Å²) in [6, 6.07) is 6.67. The molecule has 1 aromatic carbocycles. The van der Waals surface area contributed by atoms with Crippen molar-refractivity contribution in [1.29, 1.82) is 5.26 Å². The average molecular weight is 337 g/mol. The second kappa shape index (κ2) is 6.39. The SMILES string of the molecule is CC(C)c1c(C#N)c(NC(=O)c2ccc(Cl)c(Cl)c2)nn1C. The summed E-state index contributed by atoms with van der Waals surface area (Å²) >= 11 is 11.7. The molecular formula is C15H14Cl2N4O. The van der Waals surface area contributed by atoms with Gasteiger partial charge < -0.3 is 5.32 Å². The minimum Gasteiger partial charge on any atom is -0.304 e. The second-order valence-corrected chi connectivity index (χ2v) is 5.90. The van der Waals surface area contributed by atoms with Gasteiger partial charge in [0.2, 0.25) is 0 Å². The van der Waals surface area contributed by atoms with Crippen LogP contribution < -0.4 is 5.32 Å². The van der Waals surface area contributed by atoms with E-state index in [-0.39, 0.29) is 11.7 Å². The Morgan fingerprint density at radius 1 is 1.36 bits per heavy atom. The van der Waals surface area contributed by atoms with Gasteiger partial charge in [-0.05, 0) is 24.1 Å². The molecule has 0 spiro atoms. The van der Waals surface area contributed by atoms with Crippen LogP contribution in [0.25, 0.3) is 0 Å². The summed E-state index contributed by atoms with van der Waals surface area (Å²) in [6.07, 6.45) is 0. The lowest BCUT2D eigenvalue weighted by atomic mass is 10.1. The summed E-state index contributed by atoms with van der Waals surface area (Å²) in [4.78, 5) is 12.3. The van der Waals surface area contributed by atoms with Crippen LogP contribution in [0.4, 0.5) is 5.82 Å². The molecule has 1 aromatic heterocycles. The maximum atomic E-state index is 12.3. The van der Waals surface area contributed by atoms with E-state index >= 15 is 0 Å². The number of halogens is 2. The first kappa shape index (κ1) is 16.3. The Morgan fingerprint density at radius 3 is 2.59 bits per heavy atom. The number of anilines is 1. The summed E-state index contributed by atoms with van der Waals surface area (Å²) in [5.41, 5.74) is 1.48. The summed E-state index contributed by atoms with van der Waals surface area (Å²) < 4.78 is 1.60. The van der Waals surface area contributed by atoms with E-state index in [1.807, 2.05) is 13.8 Å². The van der Waals surface area contributed by atoms with E-state index in [4.69, 9.17) is 23.2 Å². The van der Waals surface area contributed by atoms with Gasteiger partial charge in [0.25, 0.3) is 5.91 Å². The Kier molecular flexibility index (Phi) is 4.74. The summed E-state index contributed by atoms with van der Waals surface area (Å²) in [6.45, 7) is 3.92. The van der Waals surface area contributed by atoms with Crippen molar-refractivity contribution in [2.75, 3.05) is 5.32 Å². The van der Waals surface area contributed by atoms with Crippen molar-refractivity contribution in [3.8, 4) is 6.07 Å². The maximum Gasteiger partial charge on any atom is 0.256 e. The number of hydrogen-bond donors (Lipinski definition) is 1. The molecule has 0 saturated heterocycles. The molecule has 5 nitrogen and oxygen atoms in total. The molecule has 0 saturated carbocycles. The Bertz CT molecular complexity index is 775. The summed E-state index contributed by atoms with van der Waals surface area (Å²) in [5, 5.41) is 16.9. The number of nitrogens with zero attached hydrogens (tertiary/aromatic N) is 3. The monoisotopic (exact) mass is 336 g/mol. The van der Waals surface area contributed by atoms with Gasteiger partial charge in [-0.25, -0.2) is 0 Å². The van der Waals surface area contributed by atoms with Crippen molar-refractivity contribution in [1.82, 2.24) is 9.78 Å². The van der Waals surface area contributed by atoms with Crippen LogP contribution in [0.15, 0.2) is 18.2 Å². The number of carbonyl (C=O) groups excluding carboxylic acids is 1. The number of hydrogen-bond acceptors (Lipinski definition) is 3. The fourth-order valence-electron chi connectivity index (χ4n) is 2.21. The Balaban J connectivity index is 2.35. The lowest BCUT2D eigenvalue weighted by Gasteiger charge is -2.05. The number of aryl methyl sites for hydroxylation is 1. The highest BCUT2D eigenvalue weighted by molar-refractivity contribution is 6.42. The Labute approximate surface area is 138 Å². The highest BCUT2D eigenvalue weighted by atomic mass is 35.5. The molecule has 0 fully saturated rings. The third-order valence-electron chi connectivity index (χ3n) is 3.16. The normalized spacial score (nSPS) is 10.6. The van der Waals surface area contributed by atoms with E-state index in [0.29, 0.717) is 21.2 Å². The molecule has 0 aliphatic rings. The number of aromatic nitrogens is 2. The third kappa shape index (κ3) is 3.08.